The Labute approximate surface area is 162 Å². The van der Waals surface area contributed by atoms with Crippen molar-refractivity contribution in [1.82, 2.24) is 4.90 Å². The maximum Gasteiger partial charge on any atom is 0.259 e. The van der Waals surface area contributed by atoms with Gasteiger partial charge in [-0.25, -0.2) is 4.39 Å². The Morgan fingerprint density at radius 3 is 2.44 bits per heavy atom. The van der Waals surface area contributed by atoms with Gasteiger partial charge in [-0.3, -0.25) is 14.5 Å². The van der Waals surface area contributed by atoms with Crippen molar-refractivity contribution in [3.63, 3.8) is 0 Å². The molecular weight excluding hydrogens is 371 g/mol. The van der Waals surface area contributed by atoms with E-state index in [1.165, 1.54) is 23.1 Å². The van der Waals surface area contributed by atoms with Crippen LogP contribution in [0.2, 0.25) is 5.02 Å². The maximum absolute atomic E-state index is 13.6. The van der Waals surface area contributed by atoms with Gasteiger partial charge in [0.25, 0.3) is 5.91 Å². The second-order valence-electron chi connectivity index (χ2n) is 6.25. The highest BCUT2D eigenvalue weighted by atomic mass is 35.5. The summed E-state index contributed by atoms with van der Waals surface area (Å²) >= 11 is 5.92. The molecular formula is C20H20ClFN2O3. The summed E-state index contributed by atoms with van der Waals surface area (Å²) in [5.74, 6) is -1.13. The van der Waals surface area contributed by atoms with Crippen molar-refractivity contribution in [2.45, 2.75) is 13.0 Å². The lowest BCUT2D eigenvalue weighted by Crippen LogP contribution is -2.52. The number of hydrogen-bond donors (Lipinski definition) is 0. The first kappa shape index (κ1) is 19.3. The van der Waals surface area contributed by atoms with Crippen molar-refractivity contribution in [3.8, 4) is 0 Å². The molecule has 1 aliphatic heterocycles. The number of nitrogens with zero attached hydrogens (tertiary/aromatic N) is 2. The number of rotatable bonds is 4. The molecule has 1 fully saturated rings. The van der Waals surface area contributed by atoms with Crippen LogP contribution >= 0.6 is 11.6 Å². The number of carbonyl (C=O) groups is 2. The highest BCUT2D eigenvalue weighted by Crippen LogP contribution is 2.26. The Morgan fingerprint density at radius 2 is 1.81 bits per heavy atom. The quantitative estimate of drug-likeness (QED) is 0.804. The van der Waals surface area contributed by atoms with Crippen LogP contribution in [0.5, 0.6) is 0 Å². The molecule has 0 aromatic heterocycles. The lowest BCUT2D eigenvalue weighted by Gasteiger charge is -2.34. The van der Waals surface area contributed by atoms with E-state index in [9.17, 15) is 14.0 Å². The summed E-state index contributed by atoms with van der Waals surface area (Å²) in [4.78, 5) is 29.2. The van der Waals surface area contributed by atoms with Gasteiger partial charge in [0.1, 0.15) is 11.9 Å². The number of halogens is 2. The number of ether oxygens (including phenoxy) is 1. The van der Waals surface area contributed by atoms with Gasteiger partial charge < -0.3 is 9.64 Å². The number of amides is 2. The largest absolute Gasteiger partial charge is 0.378 e. The number of morpholine rings is 1. The summed E-state index contributed by atoms with van der Waals surface area (Å²) in [7, 11) is 0. The monoisotopic (exact) mass is 390 g/mol. The molecule has 0 bridgehead atoms. The molecule has 142 valence electrons. The summed E-state index contributed by atoms with van der Waals surface area (Å²) in [5.41, 5.74) is 0.795. The SMILES string of the molecule is C[C@@H](C(=O)N1CCOCC1)N(C(=O)c1ccccc1)c1ccc(F)c(Cl)c1. The molecule has 0 unspecified atom stereocenters. The first-order valence-corrected chi connectivity index (χ1v) is 9.07. The molecule has 2 aromatic carbocycles. The number of hydrogen-bond acceptors (Lipinski definition) is 3. The topological polar surface area (TPSA) is 49.9 Å². The molecule has 2 amide bonds. The van der Waals surface area contributed by atoms with Gasteiger partial charge in [-0.05, 0) is 37.3 Å². The number of anilines is 1. The van der Waals surface area contributed by atoms with Gasteiger partial charge in [0.2, 0.25) is 5.91 Å². The fraction of sp³-hybridized carbons (Fsp3) is 0.300. The molecule has 1 aliphatic rings. The molecule has 1 atom stereocenters. The highest BCUT2D eigenvalue weighted by molar-refractivity contribution is 6.31. The second-order valence-corrected chi connectivity index (χ2v) is 6.66. The predicted octanol–water partition coefficient (Wildman–Crippen LogP) is 3.37. The van der Waals surface area contributed by atoms with E-state index in [4.69, 9.17) is 16.3 Å². The third kappa shape index (κ3) is 4.28. The summed E-state index contributed by atoms with van der Waals surface area (Å²) in [6.07, 6.45) is 0. The van der Waals surface area contributed by atoms with E-state index in [1.54, 1.807) is 42.2 Å². The first-order valence-electron chi connectivity index (χ1n) is 8.69. The average Bonchev–Trinajstić information content (AvgIpc) is 2.71. The van der Waals surface area contributed by atoms with E-state index >= 15 is 0 Å². The third-order valence-corrected chi connectivity index (χ3v) is 4.78. The van der Waals surface area contributed by atoms with Crippen LogP contribution in [0.25, 0.3) is 0 Å². The third-order valence-electron chi connectivity index (χ3n) is 4.49. The lowest BCUT2D eigenvalue weighted by atomic mass is 10.1. The minimum absolute atomic E-state index is 0.107. The van der Waals surface area contributed by atoms with Gasteiger partial charge in [0.05, 0.1) is 18.2 Å². The fourth-order valence-corrected chi connectivity index (χ4v) is 3.20. The Hall–Kier alpha value is -2.44. The number of benzene rings is 2. The van der Waals surface area contributed by atoms with Crippen LogP contribution < -0.4 is 4.90 Å². The van der Waals surface area contributed by atoms with E-state index in [2.05, 4.69) is 0 Å². The molecule has 0 N–H and O–H groups in total. The minimum Gasteiger partial charge on any atom is -0.378 e. The Balaban J connectivity index is 1.96. The van der Waals surface area contributed by atoms with E-state index in [1.807, 2.05) is 0 Å². The van der Waals surface area contributed by atoms with Crippen LogP contribution in [0.15, 0.2) is 48.5 Å². The summed E-state index contributed by atoms with van der Waals surface area (Å²) in [6, 6.07) is 11.9. The van der Waals surface area contributed by atoms with Crippen LogP contribution in [-0.4, -0.2) is 49.1 Å². The molecule has 0 spiro atoms. The molecule has 3 rings (SSSR count). The van der Waals surface area contributed by atoms with Crippen molar-refractivity contribution < 1.29 is 18.7 Å². The zero-order valence-corrected chi connectivity index (χ0v) is 15.7. The van der Waals surface area contributed by atoms with Crippen molar-refractivity contribution >= 4 is 29.1 Å². The van der Waals surface area contributed by atoms with E-state index in [-0.39, 0.29) is 16.8 Å². The number of carbonyl (C=O) groups excluding carboxylic acids is 2. The molecule has 0 aliphatic carbocycles. The smallest absolute Gasteiger partial charge is 0.259 e. The predicted molar refractivity (Wildman–Crippen MR) is 102 cm³/mol. The molecule has 27 heavy (non-hydrogen) atoms. The lowest BCUT2D eigenvalue weighted by molar-refractivity contribution is -0.136. The normalized spacial score (nSPS) is 15.3. The average molecular weight is 391 g/mol. The van der Waals surface area contributed by atoms with Crippen molar-refractivity contribution in [2.75, 3.05) is 31.2 Å². The molecule has 0 saturated carbocycles. The fourth-order valence-electron chi connectivity index (χ4n) is 3.03. The Morgan fingerprint density at radius 1 is 1.15 bits per heavy atom. The van der Waals surface area contributed by atoms with Gasteiger partial charge in [-0.2, -0.15) is 0 Å². The molecule has 0 radical (unpaired) electrons. The van der Waals surface area contributed by atoms with Crippen molar-refractivity contribution in [2.24, 2.45) is 0 Å². The molecule has 2 aromatic rings. The summed E-state index contributed by atoms with van der Waals surface area (Å²) in [5, 5.41) is -0.107. The van der Waals surface area contributed by atoms with Gasteiger partial charge in [0, 0.05) is 24.3 Å². The van der Waals surface area contributed by atoms with Crippen molar-refractivity contribution in [3.05, 3.63) is 64.9 Å². The summed E-state index contributed by atoms with van der Waals surface area (Å²) in [6.45, 7) is 3.54. The standard InChI is InChI=1S/C20H20ClFN2O3/c1-14(19(25)23-9-11-27-12-10-23)24(16-7-8-18(22)17(21)13-16)20(26)15-5-3-2-4-6-15/h2-8,13-14H,9-12H2,1H3/t14-/m0/s1. The van der Waals surface area contributed by atoms with Gasteiger partial charge in [0.15, 0.2) is 0 Å². The molecule has 1 saturated heterocycles. The van der Waals surface area contributed by atoms with Crippen LogP contribution in [0, 0.1) is 5.82 Å². The zero-order valence-electron chi connectivity index (χ0n) is 14.9. The summed E-state index contributed by atoms with van der Waals surface area (Å²) < 4.78 is 18.9. The minimum atomic E-state index is -0.780. The van der Waals surface area contributed by atoms with Gasteiger partial charge >= 0.3 is 0 Å². The second kappa shape index (κ2) is 8.50. The highest BCUT2D eigenvalue weighted by Gasteiger charge is 2.32. The van der Waals surface area contributed by atoms with Crippen LogP contribution in [0.4, 0.5) is 10.1 Å². The van der Waals surface area contributed by atoms with E-state index < -0.39 is 11.9 Å². The van der Waals surface area contributed by atoms with Crippen molar-refractivity contribution in [1.29, 1.82) is 0 Å². The zero-order chi connectivity index (χ0) is 19.4. The van der Waals surface area contributed by atoms with Crippen LogP contribution in [0.1, 0.15) is 17.3 Å². The van der Waals surface area contributed by atoms with Gasteiger partial charge in [-0.15, -0.1) is 0 Å². The Bertz CT molecular complexity index is 825. The van der Waals surface area contributed by atoms with E-state index in [0.717, 1.165) is 0 Å². The molecule has 5 nitrogen and oxygen atoms in total. The van der Waals surface area contributed by atoms with Crippen LogP contribution in [0.3, 0.4) is 0 Å². The molecule has 1 heterocycles. The van der Waals surface area contributed by atoms with Gasteiger partial charge in [-0.1, -0.05) is 29.8 Å². The molecule has 7 heteroatoms. The maximum atomic E-state index is 13.6. The Kier molecular flexibility index (Phi) is 6.08. The van der Waals surface area contributed by atoms with Crippen LogP contribution in [-0.2, 0) is 9.53 Å². The first-order chi connectivity index (χ1) is 13.0. The van der Waals surface area contributed by atoms with E-state index in [0.29, 0.717) is 37.6 Å².